The van der Waals surface area contributed by atoms with Crippen molar-refractivity contribution in [3.8, 4) is 0 Å². The van der Waals surface area contributed by atoms with Crippen molar-refractivity contribution in [2.75, 3.05) is 39.3 Å². The monoisotopic (exact) mass is 415 g/mol. The molecule has 2 heterocycles. The fraction of sp³-hybridized carbons (Fsp3) is 0.667. The number of ether oxygens (including phenoxy) is 1. The molecule has 1 aromatic rings. The van der Waals surface area contributed by atoms with E-state index in [9.17, 15) is 9.59 Å². The molecule has 2 amide bonds. The smallest absolute Gasteiger partial charge is 0.224 e. The average Bonchev–Trinajstić information content (AvgIpc) is 3.23. The van der Waals surface area contributed by atoms with Crippen LogP contribution in [0.5, 0.6) is 0 Å². The third kappa shape index (κ3) is 7.10. The van der Waals surface area contributed by atoms with E-state index in [-0.39, 0.29) is 17.9 Å². The molecule has 0 aromatic heterocycles. The zero-order chi connectivity index (χ0) is 21.3. The topological polar surface area (TPSA) is 61.9 Å². The Morgan fingerprint density at radius 1 is 1.17 bits per heavy atom. The molecule has 0 spiro atoms. The van der Waals surface area contributed by atoms with E-state index in [1.165, 1.54) is 18.1 Å². The summed E-state index contributed by atoms with van der Waals surface area (Å²) >= 11 is 0. The minimum Gasteiger partial charge on any atom is -0.376 e. The highest BCUT2D eigenvalue weighted by atomic mass is 16.5. The second-order valence-corrected chi connectivity index (χ2v) is 8.81. The van der Waals surface area contributed by atoms with Crippen LogP contribution in [-0.4, -0.2) is 67.0 Å². The number of carbonyl (C=O) groups excluding carboxylic acids is 2. The van der Waals surface area contributed by atoms with Crippen LogP contribution in [0.25, 0.3) is 0 Å². The average molecular weight is 416 g/mol. The number of amides is 2. The van der Waals surface area contributed by atoms with Gasteiger partial charge in [-0.05, 0) is 62.7 Å². The molecule has 2 aliphatic heterocycles. The van der Waals surface area contributed by atoms with Crippen molar-refractivity contribution in [1.29, 1.82) is 0 Å². The fourth-order valence-electron chi connectivity index (χ4n) is 4.48. The summed E-state index contributed by atoms with van der Waals surface area (Å²) in [5.74, 6) is 0.570. The van der Waals surface area contributed by atoms with Gasteiger partial charge < -0.3 is 15.0 Å². The number of carbonyl (C=O) groups is 2. The maximum atomic E-state index is 12.8. The minimum atomic E-state index is -0.0884. The predicted molar refractivity (Wildman–Crippen MR) is 118 cm³/mol. The van der Waals surface area contributed by atoms with Gasteiger partial charge in [-0.25, -0.2) is 0 Å². The number of aryl methyl sites for hydroxylation is 1. The number of nitrogens with one attached hydrogen (secondary N) is 1. The van der Waals surface area contributed by atoms with Gasteiger partial charge in [-0.1, -0.05) is 24.3 Å². The second-order valence-electron chi connectivity index (χ2n) is 8.81. The molecule has 0 unspecified atom stereocenters. The lowest BCUT2D eigenvalue weighted by Crippen LogP contribution is -2.44. The van der Waals surface area contributed by atoms with E-state index in [0.29, 0.717) is 25.4 Å². The van der Waals surface area contributed by atoms with E-state index in [4.69, 9.17) is 4.74 Å². The number of nitrogens with zero attached hydrogens (tertiary/aromatic N) is 2. The van der Waals surface area contributed by atoms with Crippen molar-refractivity contribution in [3.05, 3.63) is 35.4 Å². The molecule has 1 N–H and O–H groups in total. The highest BCUT2D eigenvalue weighted by Crippen LogP contribution is 2.22. The molecule has 1 aromatic carbocycles. The molecule has 30 heavy (non-hydrogen) atoms. The summed E-state index contributed by atoms with van der Waals surface area (Å²) < 4.78 is 5.79. The highest BCUT2D eigenvalue weighted by molar-refractivity contribution is 5.78. The van der Waals surface area contributed by atoms with Gasteiger partial charge >= 0.3 is 0 Å². The zero-order valence-corrected chi connectivity index (χ0v) is 18.6. The Balaban J connectivity index is 1.49. The number of hydrogen-bond acceptors (Lipinski definition) is 4. The molecule has 0 saturated carbocycles. The fourth-order valence-corrected chi connectivity index (χ4v) is 4.48. The summed E-state index contributed by atoms with van der Waals surface area (Å²) in [5.41, 5.74) is 2.76. The van der Waals surface area contributed by atoms with Crippen molar-refractivity contribution in [3.63, 3.8) is 0 Å². The largest absolute Gasteiger partial charge is 0.376 e. The summed E-state index contributed by atoms with van der Waals surface area (Å²) in [6, 6.07) is 8.61. The summed E-state index contributed by atoms with van der Waals surface area (Å²) in [6.07, 6.45) is 4.87. The van der Waals surface area contributed by atoms with Crippen LogP contribution >= 0.6 is 0 Å². The molecule has 6 heteroatoms. The van der Waals surface area contributed by atoms with Gasteiger partial charge in [-0.2, -0.15) is 0 Å². The van der Waals surface area contributed by atoms with Crippen molar-refractivity contribution in [2.45, 2.75) is 58.6 Å². The number of benzene rings is 1. The Labute approximate surface area is 180 Å². The van der Waals surface area contributed by atoms with Gasteiger partial charge in [0, 0.05) is 46.1 Å². The first kappa shape index (κ1) is 22.8. The zero-order valence-electron chi connectivity index (χ0n) is 18.6. The van der Waals surface area contributed by atoms with Gasteiger partial charge in [0.05, 0.1) is 6.10 Å². The quantitative estimate of drug-likeness (QED) is 0.674. The van der Waals surface area contributed by atoms with Crippen LogP contribution in [0, 0.1) is 12.8 Å². The first-order chi connectivity index (χ1) is 14.5. The predicted octanol–water partition coefficient (Wildman–Crippen LogP) is 2.74. The molecular formula is C24H37N3O3. The number of piperidine rings is 1. The lowest BCUT2D eigenvalue weighted by atomic mass is 9.95. The van der Waals surface area contributed by atoms with Gasteiger partial charge in [-0.15, -0.1) is 0 Å². The normalized spacial score (nSPS) is 20.3. The van der Waals surface area contributed by atoms with E-state index in [1.54, 1.807) is 0 Å². The lowest BCUT2D eigenvalue weighted by Gasteiger charge is -2.36. The van der Waals surface area contributed by atoms with E-state index >= 15 is 0 Å². The number of rotatable bonds is 9. The lowest BCUT2D eigenvalue weighted by molar-refractivity contribution is -0.133. The molecule has 6 nitrogen and oxygen atoms in total. The molecule has 3 rings (SSSR count). The third-order valence-electron chi connectivity index (χ3n) is 6.35. The van der Waals surface area contributed by atoms with Crippen LogP contribution in [0.4, 0.5) is 0 Å². The highest BCUT2D eigenvalue weighted by Gasteiger charge is 2.27. The third-order valence-corrected chi connectivity index (χ3v) is 6.35. The van der Waals surface area contributed by atoms with E-state index in [1.807, 2.05) is 4.90 Å². The van der Waals surface area contributed by atoms with Gasteiger partial charge in [0.25, 0.3) is 0 Å². The van der Waals surface area contributed by atoms with Crippen LogP contribution in [0.15, 0.2) is 24.3 Å². The van der Waals surface area contributed by atoms with Crippen LogP contribution < -0.4 is 5.32 Å². The van der Waals surface area contributed by atoms with E-state index < -0.39 is 0 Å². The van der Waals surface area contributed by atoms with Gasteiger partial charge in [-0.3, -0.25) is 14.5 Å². The molecule has 1 atom stereocenters. The maximum absolute atomic E-state index is 12.8. The summed E-state index contributed by atoms with van der Waals surface area (Å²) in [4.78, 5) is 28.5. The SMILES string of the molecule is CC(=O)NCCC(=O)N(CC1CCN(Cc2ccccc2C)CC1)C[C@H]1CCCO1. The van der Waals surface area contributed by atoms with E-state index in [2.05, 4.69) is 41.4 Å². The van der Waals surface area contributed by atoms with Crippen molar-refractivity contribution >= 4 is 11.8 Å². The number of likely N-dealkylation sites (tertiary alicyclic amines) is 1. The van der Waals surface area contributed by atoms with Crippen molar-refractivity contribution in [1.82, 2.24) is 15.1 Å². The van der Waals surface area contributed by atoms with Crippen molar-refractivity contribution in [2.24, 2.45) is 5.92 Å². The molecule has 2 saturated heterocycles. The number of hydrogen-bond donors (Lipinski definition) is 1. The summed E-state index contributed by atoms with van der Waals surface area (Å²) in [7, 11) is 0. The van der Waals surface area contributed by atoms with Gasteiger partial charge in [0.2, 0.25) is 11.8 Å². The van der Waals surface area contributed by atoms with Gasteiger partial charge in [0.15, 0.2) is 0 Å². The Morgan fingerprint density at radius 3 is 2.60 bits per heavy atom. The minimum absolute atomic E-state index is 0.0884. The first-order valence-electron chi connectivity index (χ1n) is 11.4. The Morgan fingerprint density at radius 2 is 1.93 bits per heavy atom. The van der Waals surface area contributed by atoms with Crippen LogP contribution in [0.3, 0.4) is 0 Å². The Hall–Kier alpha value is -1.92. The summed E-state index contributed by atoms with van der Waals surface area (Å²) in [5, 5.41) is 2.74. The van der Waals surface area contributed by atoms with Crippen LogP contribution in [0.2, 0.25) is 0 Å². The molecular weight excluding hydrogens is 378 g/mol. The molecule has 0 radical (unpaired) electrons. The van der Waals surface area contributed by atoms with Crippen LogP contribution in [0.1, 0.15) is 50.2 Å². The maximum Gasteiger partial charge on any atom is 0.224 e. The van der Waals surface area contributed by atoms with E-state index in [0.717, 1.165) is 58.5 Å². The van der Waals surface area contributed by atoms with Crippen molar-refractivity contribution < 1.29 is 14.3 Å². The molecule has 0 bridgehead atoms. The molecule has 166 valence electrons. The Kier molecular flexibility index (Phi) is 8.70. The second kappa shape index (κ2) is 11.5. The molecule has 2 aliphatic rings. The first-order valence-corrected chi connectivity index (χ1v) is 11.4. The Bertz CT molecular complexity index is 695. The van der Waals surface area contributed by atoms with Crippen LogP contribution in [-0.2, 0) is 20.9 Å². The molecule has 0 aliphatic carbocycles. The standard InChI is InChI=1S/C24H37N3O3/c1-19-6-3-4-7-22(19)17-26-13-10-21(11-14-26)16-27(18-23-8-5-15-30-23)24(29)9-12-25-20(2)28/h3-4,6-7,21,23H,5,8-18H2,1-2H3,(H,25,28)/t23-/m1/s1. The van der Waals surface area contributed by atoms with Gasteiger partial charge in [0.1, 0.15) is 0 Å². The summed E-state index contributed by atoms with van der Waals surface area (Å²) in [6.45, 7) is 9.52. The molecule has 2 fully saturated rings.